The summed E-state index contributed by atoms with van der Waals surface area (Å²) in [5, 5.41) is 6.20. The van der Waals surface area contributed by atoms with Crippen LogP contribution < -0.4 is 15.5 Å². The normalized spacial score (nSPS) is 10.8. The van der Waals surface area contributed by atoms with Crippen molar-refractivity contribution in [3.05, 3.63) is 65.5 Å². The van der Waals surface area contributed by atoms with Gasteiger partial charge in [-0.25, -0.2) is 9.82 Å². The molecule has 0 atom stereocenters. The van der Waals surface area contributed by atoms with Crippen molar-refractivity contribution in [1.29, 1.82) is 0 Å². The van der Waals surface area contributed by atoms with Crippen LogP contribution in [0.15, 0.2) is 53.6 Å². The molecule has 0 fully saturated rings. The highest BCUT2D eigenvalue weighted by Crippen LogP contribution is 2.14. The van der Waals surface area contributed by atoms with E-state index >= 15 is 0 Å². The molecule has 6 nitrogen and oxygen atoms in total. The number of halogens is 1. The molecule has 0 aromatic heterocycles. The average Bonchev–Trinajstić information content (AvgIpc) is 2.60. The summed E-state index contributed by atoms with van der Waals surface area (Å²) in [6, 6.07) is 13.0. The van der Waals surface area contributed by atoms with E-state index in [1.54, 1.807) is 50.2 Å². The van der Waals surface area contributed by atoms with Crippen LogP contribution in [0, 0.1) is 5.82 Å². The highest BCUT2D eigenvalue weighted by atomic mass is 19.1. The Hall–Kier alpha value is -3.22. The van der Waals surface area contributed by atoms with Gasteiger partial charge in [-0.1, -0.05) is 12.1 Å². The van der Waals surface area contributed by atoms with E-state index in [4.69, 9.17) is 4.74 Å². The molecule has 136 valence electrons. The maximum Gasteiger partial charge on any atom is 0.329 e. The van der Waals surface area contributed by atoms with Crippen molar-refractivity contribution in [3.8, 4) is 5.75 Å². The maximum atomic E-state index is 13.1. The van der Waals surface area contributed by atoms with Crippen LogP contribution in [0.3, 0.4) is 0 Å². The topological polar surface area (TPSA) is 79.8 Å². The van der Waals surface area contributed by atoms with Gasteiger partial charge in [-0.3, -0.25) is 9.59 Å². The summed E-state index contributed by atoms with van der Waals surface area (Å²) in [6.45, 7) is 3.77. The number of carbonyl (C=O) groups excluding carboxylic acids is 2. The zero-order chi connectivity index (χ0) is 18.9. The quantitative estimate of drug-likeness (QED) is 0.473. The Bertz CT molecular complexity index is 789. The number of hydrogen-bond acceptors (Lipinski definition) is 4. The number of ether oxygens (including phenoxy) is 1. The average molecular weight is 357 g/mol. The molecular weight excluding hydrogens is 337 g/mol. The van der Waals surface area contributed by atoms with E-state index < -0.39 is 11.8 Å². The molecule has 0 aliphatic heterocycles. The lowest BCUT2D eigenvalue weighted by Gasteiger charge is -2.07. The summed E-state index contributed by atoms with van der Waals surface area (Å²) in [5.74, 6) is -1.25. The van der Waals surface area contributed by atoms with Crippen molar-refractivity contribution >= 4 is 18.0 Å². The van der Waals surface area contributed by atoms with Crippen molar-refractivity contribution in [3.63, 3.8) is 0 Å². The number of hydrogen-bond donors (Lipinski definition) is 2. The minimum atomic E-state index is -0.829. The molecular formula is C19H20FN3O3. The first-order chi connectivity index (χ1) is 12.4. The third-order valence-electron chi connectivity index (χ3n) is 3.18. The van der Waals surface area contributed by atoms with Crippen molar-refractivity contribution in [2.75, 3.05) is 0 Å². The predicted molar refractivity (Wildman–Crippen MR) is 96.2 cm³/mol. The molecule has 2 aromatic rings. The Balaban J connectivity index is 1.83. The second kappa shape index (κ2) is 9.31. The molecule has 26 heavy (non-hydrogen) atoms. The fraction of sp³-hybridized carbons (Fsp3) is 0.211. The minimum Gasteiger partial charge on any atom is -0.489 e. The minimum absolute atomic E-state index is 0.128. The monoisotopic (exact) mass is 357 g/mol. The molecule has 0 spiro atoms. The van der Waals surface area contributed by atoms with Crippen LogP contribution in [0.25, 0.3) is 0 Å². The molecule has 2 aromatic carbocycles. The molecule has 0 aliphatic carbocycles. The molecule has 0 bridgehead atoms. The highest BCUT2D eigenvalue weighted by molar-refractivity contribution is 6.35. The van der Waals surface area contributed by atoms with Crippen LogP contribution >= 0.6 is 0 Å². The first kappa shape index (κ1) is 19.1. The van der Waals surface area contributed by atoms with E-state index in [0.29, 0.717) is 11.3 Å². The van der Waals surface area contributed by atoms with Gasteiger partial charge in [-0.2, -0.15) is 5.10 Å². The van der Waals surface area contributed by atoms with Gasteiger partial charge in [0.05, 0.1) is 6.21 Å². The number of carbonyl (C=O) groups is 2. The van der Waals surface area contributed by atoms with Crippen LogP contribution in [0.1, 0.15) is 25.0 Å². The Morgan fingerprint density at radius 2 is 1.88 bits per heavy atom. The van der Waals surface area contributed by atoms with Crippen molar-refractivity contribution in [2.24, 2.45) is 5.10 Å². The zero-order valence-electron chi connectivity index (χ0n) is 14.5. The van der Waals surface area contributed by atoms with E-state index in [1.165, 1.54) is 18.3 Å². The summed E-state index contributed by atoms with van der Waals surface area (Å²) in [7, 11) is 0. The van der Waals surface area contributed by atoms with Crippen LogP contribution in [0.5, 0.6) is 5.75 Å². The molecule has 0 heterocycles. The van der Waals surface area contributed by atoms with E-state index in [9.17, 15) is 14.0 Å². The standard InChI is InChI=1S/C19H20FN3O3/c1-13(2)22-18(24)19(25)23-21-11-14-6-8-17(9-7-14)26-12-15-4-3-5-16(20)10-15/h3-11,13H,12H2,1-2H3,(H,22,24)(H,23,25)/b21-11-. The van der Waals surface area contributed by atoms with Gasteiger partial charge in [0, 0.05) is 6.04 Å². The summed E-state index contributed by atoms with van der Waals surface area (Å²) < 4.78 is 18.7. The molecule has 2 amide bonds. The number of benzene rings is 2. The van der Waals surface area contributed by atoms with Gasteiger partial charge >= 0.3 is 11.8 Å². The van der Waals surface area contributed by atoms with Crippen LogP contribution in [0.2, 0.25) is 0 Å². The van der Waals surface area contributed by atoms with E-state index in [2.05, 4.69) is 15.8 Å². The van der Waals surface area contributed by atoms with Crippen LogP contribution in [0.4, 0.5) is 4.39 Å². The molecule has 0 unspecified atom stereocenters. The molecule has 2 N–H and O–H groups in total. The smallest absolute Gasteiger partial charge is 0.329 e. The number of rotatable bonds is 6. The lowest BCUT2D eigenvalue weighted by atomic mass is 10.2. The first-order valence-corrected chi connectivity index (χ1v) is 8.05. The fourth-order valence-corrected chi connectivity index (χ4v) is 1.99. The van der Waals surface area contributed by atoms with Crippen molar-refractivity contribution in [2.45, 2.75) is 26.5 Å². The lowest BCUT2D eigenvalue weighted by Crippen LogP contribution is -2.41. The van der Waals surface area contributed by atoms with Gasteiger partial charge in [-0.05, 0) is 61.4 Å². The van der Waals surface area contributed by atoms with Gasteiger partial charge in [0.15, 0.2) is 0 Å². The van der Waals surface area contributed by atoms with Crippen molar-refractivity contribution < 1.29 is 18.7 Å². The fourth-order valence-electron chi connectivity index (χ4n) is 1.99. The van der Waals surface area contributed by atoms with Gasteiger partial charge in [0.1, 0.15) is 18.2 Å². The SMILES string of the molecule is CC(C)NC(=O)C(=O)N/N=C\c1ccc(OCc2cccc(F)c2)cc1. The third kappa shape index (κ3) is 6.35. The third-order valence-corrected chi connectivity index (χ3v) is 3.18. The molecule has 0 aliphatic rings. The lowest BCUT2D eigenvalue weighted by molar-refractivity contribution is -0.139. The van der Waals surface area contributed by atoms with Crippen LogP contribution in [-0.2, 0) is 16.2 Å². The molecule has 0 saturated carbocycles. The Morgan fingerprint density at radius 1 is 1.15 bits per heavy atom. The van der Waals surface area contributed by atoms with Gasteiger partial charge in [0.2, 0.25) is 0 Å². The Morgan fingerprint density at radius 3 is 2.54 bits per heavy atom. The summed E-state index contributed by atoms with van der Waals surface area (Å²) >= 11 is 0. The van der Waals surface area contributed by atoms with Gasteiger partial charge in [0.25, 0.3) is 0 Å². The maximum absolute atomic E-state index is 13.1. The summed E-state index contributed by atoms with van der Waals surface area (Å²) in [4.78, 5) is 22.9. The zero-order valence-corrected chi connectivity index (χ0v) is 14.5. The Kier molecular flexibility index (Phi) is 6.84. The molecule has 0 saturated heterocycles. The van der Waals surface area contributed by atoms with Crippen molar-refractivity contribution in [1.82, 2.24) is 10.7 Å². The summed E-state index contributed by atoms with van der Waals surface area (Å²) in [6.07, 6.45) is 1.41. The Labute approximate surface area is 151 Å². The highest BCUT2D eigenvalue weighted by Gasteiger charge is 2.12. The van der Waals surface area contributed by atoms with Gasteiger partial charge in [-0.15, -0.1) is 0 Å². The first-order valence-electron chi connectivity index (χ1n) is 8.05. The largest absolute Gasteiger partial charge is 0.489 e. The second-order valence-corrected chi connectivity index (χ2v) is 5.81. The molecule has 7 heteroatoms. The van der Waals surface area contributed by atoms with Crippen LogP contribution in [-0.4, -0.2) is 24.1 Å². The van der Waals surface area contributed by atoms with Gasteiger partial charge < -0.3 is 10.1 Å². The number of nitrogens with one attached hydrogen (secondary N) is 2. The van der Waals surface area contributed by atoms with E-state index in [-0.39, 0.29) is 18.5 Å². The number of nitrogens with zero attached hydrogens (tertiary/aromatic N) is 1. The van der Waals surface area contributed by atoms with E-state index in [1.807, 2.05) is 0 Å². The summed E-state index contributed by atoms with van der Waals surface area (Å²) in [5.41, 5.74) is 3.60. The molecule has 0 radical (unpaired) electrons. The second-order valence-electron chi connectivity index (χ2n) is 5.81. The predicted octanol–water partition coefficient (Wildman–Crippen LogP) is 2.38. The van der Waals surface area contributed by atoms with E-state index in [0.717, 1.165) is 5.56 Å². The number of hydrazone groups is 1. The molecule has 2 rings (SSSR count). The number of amides is 2.